The van der Waals surface area contributed by atoms with Crippen molar-refractivity contribution in [3.63, 3.8) is 0 Å². The number of nitrogens with zero attached hydrogens (tertiary/aromatic N) is 2. The van der Waals surface area contributed by atoms with Gasteiger partial charge in [-0.3, -0.25) is 14.5 Å². The van der Waals surface area contributed by atoms with E-state index >= 15 is 0 Å². The molecule has 8 nitrogen and oxygen atoms in total. The van der Waals surface area contributed by atoms with Crippen molar-refractivity contribution in [2.75, 3.05) is 11.5 Å². The molecule has 1 aliphatic rings. The molecule has 0 radical (unpaired) electrons. The second-order valence-electron chi connectivity index (χ2n) is 9.54. The van der Waals surface area contributed by atoms with Crippen LogP contribution in [0.4, 0.5) is 5.13 Å². The molecule has 204 valence electrons. The summed E-state index contributed by atoms with van der Waals surface area (Å²) < 4.78 is 17.3. The lowest BCUT2D eigenvalue weighted by Gasteiger charge is -2.23. The highest BCUT2D eigenvalue weighted by Crippen LogP contribution is 2.44. The Bertz CT molecular complexity index is 1890. The molecule has 6 rings (SSSR count). The zero-order valence-electron chi connectivity index (χ0n) is 22.2. The van der Waals surface area contributed by atoms with Crippen LogP contribution < -0.4 is 15.1 Å². The second-order valence-corrected chi connectivity index (χ2v) is 10.5. The van der Waals surface area contributed by atoms with Gasteiger partial charge in [0.25, 0.3) is 5.91 Å². The number of aromatic nitrogens is 1. The van der Waals surface area contributed by atoms with Gasteiger partial charge in [0, 0.05) is 0 Å². The van der Waals surface area contributed by atoms with Gasteiger partial charge >= 0.3 is 5.97 Å². The SMILES string of the molecule is C=CCOC(=O)c1sc(N2C(=O)c3oc4ccc(C)cc4c(=O)c3C2c2cccc(Oc3ccccc3)c2)nc1C. The third-order valence-corrected chi connectivity index (χ3v) is 7.82. The van der Waals surface area contributed by atoms with E-state index in [9.17, 15) is 14.4 Å². The number of anilines is 1. The van der Waals surface area contributed by atoms with E-state index in [0.717, 1.165) is 16.9 Å². The Kier molecular flexibility index (Phi) is 6.72. The van der Waals surface area contributed by atoms with Crippen molar-refractivity contribution < 1.29 is 23.5 Å². The summed E-state index contributed by atoms with van der Waals surface area (Å²) in [5.74, 6) is 0.0109. The third kappa shape index (κ3) is 4.70. The Balaban J connectivity index is 1.52. The second kappa shape index (κ2) is 10.5. The summed E-state index contributed by atoms with van der Waals surface area (Å²) in [5, 5.41) is 0.618. The van der Waals surface area contributed by atoms with Gasteiger partial charge in [0.2, 0.25) is 5.76 Å². The first-order valence-corrected chi connectivity index (χ1v) is 13.7. The first-order valence-electron chi connectivity index (χ1n) is 12.8. The average molecular weight is 565 g/mol. The third-order valence-electron chi connectivity index (χ3n) is 6.69. The molecule has 41 heavy (non-hydrogen) atoms. The molecule has 0 spiro atoms. The maximum Gasteiger partial charge on any atom is 0.350 e. The molecule has 0 N–H and O–H groups in total. The number of thiazole rings is 1. The van der Waals surface area contributed by atoms with Crippen molar-refractivity contribution in [1.29, 1.82) is 0 Å². The van der Waals surface area contributed by atoms with Crippen molar-refractivity contribution in [1.82, 2.24) is 4.98 Å². The summed E-state index contributed by atoms with van der Waals surface area (Å²) in [6.07, 6.45) is 1.47. The molecule has 1 atom stereocenters. The van der Waals surface area contributed by atoms with Gasteiger partial charge in [-0.05, 0) is 55.8 Å². The topological polar surface area (TPSA) is 98.9 Å². The molecule has 5 aromatic rings. The van der Waals surface area contributed by atoms with Crippen LogP contribution >= 0.6 is 11.3 Å². The Hall–Kier alpha value is -5.02. The smallest absolute Gasteiger partial charge is 0.350 e. The van der Waals surface area contributed by atoms with E-state index < -0.39 is 17.9 Å². The minimum atomic E-state index is -0.874. The molecular weight excluding hydrogens is 540 g/mol. The van der Waals surface area contributed by atoms with E-state index in [2.05, 4.69) is 11.6 Å². The number of benzene rings is 3. The molecule has 1 amide bonds. The lowest BCUT2D eigenvalue weighted by Crippen LogP contribution is -2.29. The van der Waals surface area contributed by atoms with Crippen LogP contribution in [0.3, 0.4) is 0 Å². The van der Waals surface area contributed by atoms with Gasteiger partial charge in [-0.2, -0.15) is 0 Å². The number of ether oxygens (including phenoxy) is 2. The summed E-state index contributed by atoms with van der Waals surface area (Å²) in [5.41, 5.74) is 2.13. The largest absolute Gasteiger partial charge is 0.457 e. The number of aryl methyl sites for hydroxylation is 2. The standard InChI is InChI=1S/C32H24N2O6S/c1-4-15-38-31(37)29-19(3)33-32(41-29)34-26(20-9-8-12-22(17-20)39-21-10-6-5-7-11-21)25-27(35)23-16-18(2)13-14-24(23)40-28(25)30(34)36/h4-14,16-17,26H,1,15H2,2-3H3. The molecule has 0 saturated heterocycles. The van der Waals surface area contributed by atoms with Crippen LogP contribution in [-0.2, 0) is 4.74 Å². The quantitative estimate of drug-likeness (QED) is 0.159. The number of fused-ring (bicyclic) bond motifs is 2. The van der Waals surface area contributed by atoms with E-state index in [1.807, 2.05) is 49.4 Å². The van der Waals surface area contributed by atoms with Crippen molar-refractivity contribution in [3.05, 3.63) is 129 Å². The Morgan fingerprint density at radius 2 is 1.83 bits per heavy atom. The monoisotopic (exact) mass is 564 g/mol. The molecular formula is C32H24N2O6S. The first kappa shape index (κ1) is 26.2. The number of rotatable bonds is 7. The number of hydrogen-bond donors (Lipinski definition) is 0. The molecule has 1 aliphatic heterocycles. The fraction of sp³-hybridized carbons (Fsp3) is 0.125. The molecule has 9 heteroatoms. The number of para-hydroxylation sites is 1. The maximum absolute atomic E-state index is 14.0. The summed E-state index contributed by atoms with van der Waals surface area (Å²) in [4.78, 5) is 46.9. The molecule has 0 aliphatic carbocycles. The molecule has 3 heterocycles. The molecule has 0 bridgehead atoms. The van der Waals surface area contributed by atoms with Crippen LogP contribution in [0.25, 0.3) is 11.0 Å². The molecule has 1 unspecified atom stereocenters. The van der Waals surface area contributed by atoms with Crippen molar-refractivity contribution in [2.45, 2.75) is 19.9 Å². The van der Waals surface area contributed by atoms with Crippen LogP contribution in [0.2, 0.25) is 0 Å². The average Bonchev–Trinajstić information content (AvgIpc) is 3.50. The van der Waals surface area contributed by atoms with Crippen LogP contribution in [-0.4, -0.2) is 23.5 Å². The number of carbonyl (C=O) groups excluding carboxylic acids is 2. The predicted molar refractivity (Wildman–Crippen MR) is 156 cm³/mol. The summed E-state index contributed by atoms with van der Waals surface area (Å²) in [6.45, 7) is 7.17. The molecule has 2 aromatic heterocycles. The van der Waals surface area contributed by atoms with Crippen LogP contribution in [0.15, 0.2) is 94.7 Å². The van der Waals surface area contributed by atoms with E-state index in [4.69, 9.17) is 13.9 Å². The van der Waals surface area contributed by atoms with Gasteiger partial charge in [-0.15, -0.1) is 0 Å². The normalized spacial score (nSPS) is 14.2. The van der Waals surface area contributed by atoms with Gasteiger partial charge in [0.05, 0.1) is 22.7 Å². The van der Waals surface area contributed by atoms with Crippen molar-refractivity contribution in [2.24, 2.45) is 0 Å². The van der Waals surface area contributed by atoms with Gasteiger partial charge in [-0.25, -0.2) is 9.78 Å². The van der Waals surface area contributed by atoms with E-state index in [0.29, 0.717) is 33.7 Å². The number of carbonyl (C=O) groups is 2. The number of amides is 1. The fourth-order valence-electron chi connectivity index (χ4n) is 4.85. The maximum atomic E-state index is 14.0. The van der Waals surface area contributed by atoms with E-state index in [1.165, 1.54) is 11.0 Å². The summed E-state index contributed by atoms with van der Waals surface area (Å²) >= 11 is 1.02. The van der Waals surface area contributed by atoms with Crippen molar-refractivity contribution in [3.8, 4) is 11.5 Å². The van der Waals surface area contributed by atoms with Crippen LogP contribution in [0.1, 0.15) is 48.7 Å². The first-order chi connectivity index (χ1) is 19.9. The van der Waals surface area contributed by atoms with Crippen LogP contribution in [0, 0.1) is 13.8 Å². The Labute approximate surface area is 239 Å². The predicted octanol–water partition coefficient (Wildman–Crippen LogP) is 6.75. The van der Waals surface area contributed by atoms with Gasteiger partial charge in [0.1, 0.15) is 28.6 Å². The van der Waals surface area contributed by atoms with Gasteiger partial charge < -0.3 is 13.9 Å². The summed E-state index contributed by atoms with van der Waals surface area (Å²) in [6, 6.07) is 20.9. The molecule has 3 aromatic carbocycles. The fourth-order valence-corrected chi connectivity index (χ4v) is 5.83. The zero-order valence-corrected chi connectivity index (χ0v) is 23.1. The lowest BCUT2D eigenvalue weighted by atomic mass is 9.98. The van der Waals surface area contributed by atoms with E-state index in [1.54, 1.807) is 37.3 Å². The number of hydrogen-bond acceptors (Lipinski definition) is 8. The zero-order chi connectivity index (χ0) is 28.7. The Morgan fingerprint density at radius 1 is 1.05 bits per heavy atom. The highest BCUT2D eigenvalue weighted by atomic mass is 32.1. The highest BCUT2D eigenvalue weighted by Gasteiger charge is 2.45. The molecule has 0 saturated carbocycles. The highest BCUT2D eigenvalue weighted by molar-refractivity contribution is 7.17. The van der Waals surface area contributed by atoms with E-state index in [-0.39, 0.29) is 33.4 Å². The number of esters is 1. The Morgan fingerprint density at radius 3 is 2.61 bits per heavy atom. The van der Waals surface area contributed by atoms with Crippen molar-refractivity contribution >= 4 is 39.3 Å². The molecule has 0 fully saturated rings. The lowest BCUT2D eigenvalue weighted by molar-refractivity contribution is 0.0554. The minimum Gasteiger partial charge on any atom is -0.457 e. The van der Waals surface area contributed by atoms with Gasteiger partial charge in [-0.1, -0.05) is 66.0 Å². The summed E-state index contributed by atoms with van der Waals surface area (Å²) in [7, 11) is 0. The minimum absolute atomic E-state index is 0.0425. The van der Waals surface area contributed by atoms with Crippen LogP contribution in [0.5, 0.6) is 11.5 Å². The van der Waals surface area contributed by atoms with Gasteiger partial charge in [0.15, 0.2) is 10.6 Å².